The van der Waals surface area contributed by atoms with Crippen molar-refractivity contribution in [1.29, 1.82) is 0 Å². The summed E-state index contributed by atoms with van der Waals surface area (Å²) in [7, 11) is 0. The van der Waals surface area contributed by atoms with Gasteiger partial charge in [-0.2, -0.15) is 0 Å². The molecule has 1 aromatic heterocycles. The molecule has 1 aliphatic rings. The van der Waals surface area contributed by atoms with E-state index >= 15 is 0 Å². The van der Waals surface area contributed by atoms with Crippen molar-refractivity contribution in [2.24, 2.45) is 5.73 Å². The number of nitrogens with two attached hydrogens (primary N) is 1. The first-order valence-corrected chi connectivity index (χ1v) is 6.46. The van der Waals surface area contributed by atoms with Crippen LogP contribution in [-0.2, 0) is 11.3 Å². The van der Waals surface area contributed by atoms with Gasteiger partial charge in [0.05, 0.1) is 6.10 Å². The van der Waals surface area contributed by atoms with Gasteiger partial charge in [-0.25, -0.2) is 9.37 Å². The van der Waals surface area contributed by atoms with Crippen LogP contribution < -0.4 is 10.6 Å². The minimum atomic E-state index is -0.294. The van der Waals surface area contributed by atoms with Crippen LogP contribution in [0.1, 0.15) is 25.3 Å². The fraction of sp³-hybridized carbons (Fsp3) is 0.615. The van der Waals surface area contributed by atoms with Crippen molar-refractivity contribution in [3.63, 3.8) is 0 Å². The van der Waals surface area contributed by atoms with Crippen LogP contribution in [0, 0.1) is 5.82 Å². The lowest BCUT2D eigenvalue weighted by atomic mass is 10.1. The van der Waals surface area contributed by atoms with E-state index in [1.807, 2.05) is 11.8 Å². The van der Waals surface area contributed by atoms with Gasteiger partial charge in [-0.05, 0) is 25.8 Å². The summed E-state index contributed by atoms with van der Waals surface area (Å²) in [4.78, 5) is 6.10. The fourth-order valence-corrected chi connectivity index (χ4v) is 2.35. The number of hydrogen-bond donors (Lipinski definition) is 1. The standard InChI is InChI=1S/C13H20FN3O/c1-2-18-11-4-3-7-17(9-11)13-12(14)10(8-15)5-6-16-13/h5-6,11H,2-4,7-9,15H2,1H3. The molecule has 0 aromatic carbocycles. The van der Waals surface area contributed by atoms with Crippen LogP contribution in [0.5, 0.6) is 0 Å². The van der Waals surface area contributed by atoms with Crippen molar-refractivity contribution in [3.8, 4) is 0 Å². The Bertz CT molecular complexity index is 398. The van der Waals surface area contributed by atoms with E-state index < -0.39 is 0 Å². The van der Waals surface area contributed by atoms with Gasteiger partial charge in [0.15, 0.2) is 11.6 Å². The summed E-state index contributed by atoms with van der Waals surface area (Å²) >= 11 is 0. The molecule has 18 heavy (non-hydrogen) atoms. The third kappa shape index (κ3) is 2.79. The Morgan fingerprint density at radius 3 is 3.17 bits per heavy atom. The molecule has 1 aliphatic heterocycles. The van der Waals surface area contributed by atoms with Gasteiger partial charge < -0.3 is 15.4 Å². The van der Waals surface area contributed by atoms with Crippen molar-refractivity contribution in [3.05, 3.63) is 23.6 Å². The van der Waals surface area contributed by atoms with Crippen molar-refractivity contribution in [2.75, 3.05) is 24.6 Å². The van der Waals surface area contributed by atoms with E-state index in [1.165, 1.54) is 0 Å². The number of pyridine rings is 1. The highest BCUT2D eigenvalue weighted by atomic mass is 19.1. The van der Waals surface area contributed by atoms with Crippen LogP contribution in [0.2, 0.25) is 0 Å². The quantitative estimate of drug-likeness (QED) is 0.887. The van der Waals surface area contributed by atoms with Crippen molar-refractivity contribution in [1.82, 2.24) is 4.98 Å². The maximum atomic E-state index is 14.1. The number of ether oxygens (including phenoxy) is 1. The summed E-state index contributed by atoms with van der Waals surface area (Å²) in [6.07, 6.45) is 3.82. The summed E-state index contributed by atoms with van der Waals surface area (Å²) in [5.41, 5.74) is 6.03. The van der Waals surface area contributed by atoms with Gasteiger partial charge in [0.25, 0.3) is 0 Å². The van der Waals surface area contributed by atoms with E-state index in [2.05, 4.69) is 4.98 Å². The molecule has 0 amide bonds. The summed E-state index contributed by atoms with van der Waals surface area (Å²) in [5.74, 6) is 0.111. The van der Waals surface area contributed by atoms with Gasteiger partial charge in [0, 0.05) is 38.0 Å². The number of aromatic nitrogens is 1. The molecular weight excluding hydrogens is 233 g/mol. The number of rotatable bonds is 4. The van der Waals surface area contributed by atoms with Crippen LogP contribution in [-0.4, -0.2) is 30.8 Å². The fourth-order valence-electron chi connectivity index (χ4n) is 2.35. The maximum Gasteiger partial charge on any atom is 0.170 e. The van der Waals surface area contributed by atoms with Crippen LogP contribution in [0.4, 0.5) is 10.2 Å². The first kappa shape index (κ1) is 13.2. The zero-order valence-electron chi connectivity index (χ0n) is 10.7. The molecule has 2 N–H and O–H groups in total. The van der Waals surface area contributed by atoms with Gasteiger partial charge >= 0.3 is 0 Å². The Labute approximate surface area is 107 Å². The normalized spacial score (nSPS) is 20.2. The number of piperidine rings is 1. The summed E-state index contributed by atoms with van der Waals surface area (Å²) < 4.78 is 19.8. The molecule has 0 radical (unpaired) electrons. The molecule has 1 unspecified atom stereocenters. The first-order chi connectivity index (χ1) is 8.76. The lowest BCUT2D eigenvalue weighted by Gasteiger charge is -2.33. The number of anilines is 1. The third-order valence-corrected chi connectivity index (χ3v) is 3.25. The van der Waals surface area contributed by atoms with Gasteiger partial charge in [0.2, 0.25) is 0 Å². The number of halogens is 1. The Morgan fingerprint density at radius 2 is 2.44 bits per heavy atom. The van der Waals surface area contributed by atoms with Crippen molar-refractivity contribution in [2.45, 2.75) is 32.4 Å². The zero-order chi connectivity index (χ0) is 13.0. The molecule has 2 heterocycles. The van der Waals surface area contributed by atoms with E-state index in [9.17, 15) is 4.39 Å². The molecule has 1 fully saturated rings. The lowest BCUT2D eigenvalue weighted by molar-refractivity contribution is 0.0524. The lowest BCUT2D eigenvalue weighted by Crippen LogP contribution is -2.40. The molecule has 5 heteroatoms. The van der Waals surface area contributed by atoms with Crippen LogP contribution in [0.15, 0.2) is 12.3 Å². The van der Waals surface area contributed by atoms with E-state index in [0.717, 1.165) is 19.4 Å². The Hall–Kier alpha value is -1.20. The molecular formula is C13H20FN3O. The molecule has 2 rings (SSSR count). The molecule has 4 nitrogen and oxygen atoms in total. The highest BCUT2D eigenvalue weighted by Crippen LogP contribution is 2.23. The monoisotopic (exact) mass is 253 g/mol. The van der Waals surface area contributed by atoms with Gasteiger partial charge in [-0.3, -0.25) is 0 Å². The zero-order valence-corrected chi connectivity index (χ0v) is 10.7. The predicted octanol–water partition coefficient (Wildman–Crippen LogP) is 1.68. The van der Waals surface area contributed by atoms with Gasteiger partial charge in [0.1, 0.15) is 0 Å². The van der Waals surface area contributed by atoms with Crippen molar-refractivity contribution < 1.29 is 9.13 Å². The molecule has 0 saturated carbocycles. The minimum absolute atomic E-state index is 0.173. The largest absolute Gasteiger partial charge is 0.377 e. The summed E-state index contributed by atoms with van der Waals surface area (Å²) in [5, 5.41) is 0. The van der Waals surface area contributed by atoms with E-state index in [1.54, 1.807) is 12.3 Å². The second-order valence-electron chi connectivity index (χ2n) is 4.48. The minimum Gasteiger partial charge on any atom is -0.377 e. The van der Waals surface area contributed by atoms with Crippen LogP contribution >= 0.6 is 0 Å². The number of hydrogen-bond acceptors (Lipinski definition) is 4. The molecule has 0 bridgehead atoms. The Balaban J connectivity index is 2.15. The predicted molar refractivity (Wildman–Crippen MR) is 68.9 cm³/mol. The molecule has 0 aliphatic carbocycles. The van der Waals surface area contributed by atoms with Gasteiger partial charge in [-0.15, -0.1) is 0 Å². The molecule has 1 atom stereocenters. The topological polar surface area (TPSA) is 51.4 Å². The highest BCUT2D eigenvalue weighted by Gasteiger charge is 2.23. The average Bonchev–Trinajstić information content (AvgIpc) is 2.40. The summed E-state index contributed by atoms with van der Waals surface area (Å²) in [6.45, 7) is 4.39. The molecule has 100 valence electrons. The average molecular weight is 253 g/mol. The second-order valence-corrected chi connectivity index (χ2v) is 4.48. The number of nitrogens with zero attached hydrogens (tertiary/aromatic N) is 2. The van der Waals surface area contributed by atoms with Crippen molar-refractivity contribution >= 4 is 5.82 Å². The Kier molecular flexibility index (Phi) is 4.49. The smallest absolute Gasteiger partial charge is 0.170 e. The van der Waals surface area contributed by atoms with Crippen LogP contribution in [0.25, 0.3) is 0 Å². The van der Waals surface area contributed by atoms with E-state index in [4.69, 9.17) is 10.5 Å². The Morgan fingerprint density at radius 1 is 1.61 bits per heavy atom. The van der Waals surface area contributed by atoms with E-state index in [-0.39, 0.29) is 18.5 Å². The molecule has 1 aromatic rings. The van der Waals surface area contributed by atoms with Crippen LogP contribution in [0.3, 0.4) is 0 Å². The first-order valence-electron chi connectivity index (χ1n) is 6.46. The second kappa shape index (κ2) is 6.11. The SMILES string of the molecule is CCOC1CCCN(c2nccc(CN)c2F)C1. The molecule has 0 spiro atoms. The third-order valence-electron chi connectivity index (χ3n) is 3.25. The molecule has 1 saturated heterocycles. The maximum absolute atomic E-state index is 14.1. The highest BCUT2D eigenvalue weighted by molar-refractivity contribution is 5.43. The van der Waals surface area contributed by atoms with E-state index in [0.29, 0.717) is 24.5 Å². The summed E-state index contributed by atoms with van der Waals surface area (Å²) in [6, 6.07) is 1.63. The van der Waals surface area contributed by atoms with Gasteiger partial charge in [-0.1, -0.05) is 0 Å².